The van der Waals surface area contributed by atoms with Crippen LogP contribution in [0.3, 0.4) is 0 Å². The first-order chi connectivity index (χ1) is 10.9. The summed E-state index contributed by atoms with van der Waals surface area (Å²) in [6.07, 6.45) is 1.48. The molecule has 0 spiro atoms. The van der Waals surface area contributed by atoms with E-state index < -0.39 is 0 Å². The highest BCUT2D eigenvalue weighted by molar-refractivity contribution is 8.06. The fourth-order valence-corrected chi connectivity index (χ4v) is 1.86. The first-order valence-electron chi connectivity index (χ1n) is 7.68. The van der Waals surface area contributed by atoms with Crippen LogP contribution in [0.4, 0.5) is 0 Å². The monoisotopic (exact) mass is 339 g/mol. The lowest BCUT2D eigenvalue weighted by atomic mass is 10.1. The van der Waals surface area contributed by atoms with E-state index in [4.69, 9.17) is 15.6 Å². The molecule has 6 heteroatoms. The Balaban J connectivity index is 0.00000108. The Morgan fingerprint density at radius 3 is 2.30 bits per heavy atom. The van der Waals surface area contributed by atoms with Gasteiger partial charge in [0.25, 0.3) is 0 Å². The molecular weight excluding hydrogens is 310 g/mol. The Kier molecular flexibility index (Phi) is 12.1. The molecule has 1 aromatic rings. The zero-order chi connectivity index (χ0) is 17.7. The summed E-state index contributed by atoms with van der Waals surface area (Å²) < 4.78 is 4.82. The van der Waals surface area contributed by atoms with Crippen molar-refractivity contribution in [1.82, 2.24) is 5.32 Å². The van der Waals surface area contributed by atoms with E-state index >= 15 is 0 Å². The highest BCUT2D eigenvalue weighted by atomic mass is 32.2. The summed E-state index contributed by atoms with van der Waals surface area (Å²) in [4.78, 5) is 12.0. The van der Waals surface area contributed by atoms with Crippen LogP contribution in [0, 0.1) is 5.92 Å². The highest BCUT2D eigenvalue weighted by Gasteiger charge is 2.02. The lowest BCUT2D eigenvalue weighted by molar-refractivity contribution is -0.142. The topological polar surface area (TPSA) is 90.4 Å². The summed E-state index contributed by atoms with van der Waals surface area (Å²) in [5.74, 6) is 0.590. The van der Waals surface area contributed by atoms with Gasteiger partial charge in [-0.25, -0.2) is 0 Å². The van der Waals surface area contributed by atoms with Crippen LogP contribution in [0.2, 0.25) is 0 Å². The number of hydrogen-bond acceptors (Lipinski definition) is 6. The third-order valence-corrected chi connectivity index (χ3v) is 3.05. The SMILES string of the molecule is CC(C)C.CCOC(=O)CNCc1ccc(/C(=C/N)SN)cc1. The number of nitrogens with one attached hydrogen (secondary N) is 1. The maximum Gasteiger partial charge on any atom is 0.319 e. The number of nitrogens with two attached hydrogens (primary N) is 2. The zero-order valence-electron chi connectivity index (χ0n) is 14.5. The average Bonchev–Trinajstić information content (AvgIpc) is 2.50. The number of ether oxygens (including phenoxy) is 1. The molecule has 0 aliphatic heterocycles. The summed E-state index contributed by atoms with van der Waals surface area (Å²) in [7, 11) is 0. The highest BCUT2D eigenvalue weighted by Crippen LogP contribution is 2.21. The molecule has 0 fully saturated rings. The van der Waals surface area contributed by atoms with E-state index in [9.17, 15) is 4.79 Å². The van der Waals surface area contributed by atoms with E-state index in [0.717, 1.165) is 33.9 Å². The number of hydrogen-bond donors (Lipinski definition) is 3. The molecule has 0 radical (unpaired) electrons. The molecule has 0 saturated carbocycles. The minimum absolute atomic E-state index is 0.211. The van der Waals surface area contributed by atoms with Gasteiger partial charge in [0.15, 0.2) is 0 Å². The van der Waals surface area contributed by atoms with Crippen LogP contribution in [0.15, 0.2) is 30.5 Å². The molecule has 1 aromatic carbocycles. The van der Waals surface area contributed by atoms with Gasteiger partial charge in [0.2, 0.25) is 0 Å². The molecule has 0 unspecified atom stereocenters. The van der Waals surface area contributed by atoms with Gasteiger partial charge in [0.05, 0.1) is 13.2 Å². The van der Waals surface area contributed by atoms with Crippen LogP contribution in [0.25, 0.3) is 4.91 Å². The second kappa shape index (κ2) is 13.0. The van der Waals surface area contributed by atoms with Crippen molar-refractivity contribution in [3.05, 3.63) is 41.6 Å². The standard InChI is InChI=1S/C13H19N3O2S.C4H10/c1-2-18-13(17)9-16-8-10-3-5-11(6-4-10)12(7-14)19-15;1-4(2)3/h3-7,16H,2,8-9,14-15H2,1H3;4H,1-3H3/b12-7-;. The molecule has 1 rings (SSSR count). The first-order valence-corrected chi connectivity index (χ1v) is 8.56. The molecule has 130 valence electrons. The van der Waals surface area contributed by atoms with Crippen molar-refractivity contribution in [2.45, 2.75) is 34.2 Å². The van der Waals surface area contributed by atoms with Crippen molar-refractivity contribution >= 4 is 22.8 Å². The van der Waals surface area contributed by atoms with Gasteiger partial charge in [-0.2, -0.15) is 0 Å². The Hall–Kier alpha value is -1.50. The molecule has 0 amide bonds. The van der Waals surface area contributed by atoms with Crippen molar-refractivity contribution in [3.8, 4) is 0 Å². The molecule has 0 bridgehead atoms. The number of esters is 1. The van der Waals surface area contributed by atoms with Crippen LogP contribution in [0.1, 0.15) is 38.8 Å². The predicted molar refractivity (Wildman–Crippen MR) is 99.2 cm³/mol. The third kappa shape index (κ3) is 10.8. The van der Waals surface area contributed by atoms with Crippen molar-refractivity contribution in [2.24, 2.45) is 16.8 Å². The fraction of sp³-hybridized carbons (Fsp3) is 0.471. The predicted octanol–water partition coefficient (Wildman–Crippen LogP) is 2.87. The minimum Gasteiger partial charge on any atom is -0.465 e. The van der Waals surface area contributed by atoms with E-state index in [1.165, 1.54) is 6.20 Å². The van der Waals surface area contributed by atoms with Crippen molar-refractivity contribution in [3.63, 3.8) is 0 Å². The van der Waals surface area contributed by atoms with Gasteiger partial charge in [0.1, 0.15) is 0 Å². The summed E-state index contributed by atoms with van der Waals surface area (Å²) >= 11 is 1.12. The molecule has 0 saturated heterocycles. The van der Waals surface area contributed by atoms with Gasteiger partial charge in [-0.1, -0.05) is 45.0 Å². The van der Waals surface area contributed by atoms with E-state index in [2.05, 4.69) is 26.1 Å². The van der Waals surface area contributed by atoms with E-state index in [0.29, 0.717) is 13.2 Å². The maximum absolute atomic E-state index is 11.1. The summed E-state index contributed by atoms with van der Waals surface area (Å²) in [5.41, 5.74) is 7.52. The number of carbonyl (C=O) groups excluding carboxylic acids is 1. The van der Waals surface area contributed by atoms with Gasteiger partial charge in [-0.3, -0.25) is 9.93 Å². The van der Waals surface area contributed by atoms with Gasteiger partial charge in [0, 0.05) is 17.6 Å². The summed E-state index contributed by atoms with van der Waals surface area (Å²) in [6, 6.07) is 7.82. The zero-order valence-corrected chi connectivity index (χ0v) is 15.3. The average molecular weight is 340 g/mol. The van der Waals surface area contributed by atoms with E-state index in [1.54, 1.807) is 6.92 Å². The van der Waals surface area contributed by atoms with Gasteiger partial charge in [-0.05, 0) is 35.9 Å². The number of benzene rings is 1. The molecule has 23 heavy (non-hydrogen) atoms. The lowest BCUT2D eigenvalue weighted by Gasteiger charge is -2.07. The van der Waals surface area contributed by atoms with E-state index in [1.807, 2.05) is 24.3 Å². The quantitative estimate of drug-likeness (QED) is 0.523. The number of carbonyl (C=O) groups is 1. The summed E-state index contributed by atoms with van der Waals surface area (Å²) in [6.45, 7) is 9.51. The van der Waals surface area contributed by atoms with Gasteiger partial charge in [-0.15, -0.1) is 0 Å². The molecule has 0 aliphatic rings. The van der Waals surface area contributed by atoms with Crippen molar-refractivity contribution in [2.75, 3.05) is 13.2 Å². The Morgan fingerprint density at radius 1 is 1.30 bits per heavy atom. The normalized spacial score (nSPS) is 11.0. The van der Waals surface area contributed by atoms with Crippen LogP contribution in [0.5, 0.6) is 0 Å². The molecule has 5 N–H and O–H groups in total. The molecule has 0 atom stereocenters. The van der Waals surface area contributed by atoms with Crippen molar-refractivity contribution in [1.29, 1.82) is 0 Å². The second-order valence-corrected chi connectivity index (χ2v) is 6.16. The van der Waals surface area contributed by atoms with Crippen LogP contribution < -0.4 is 16.2 Å². The minimum atomic E-state index is -0.244. The number of rotatable bonds is 7. The maximum atomic E-state index is 11.1. The Labute approximate surface area is 144 Å². The largest absolute Gasteiger partial charge is 0.465 e. The molecule has 0 heterocycles. The Morgan fingerprint density at radius 2 is 1.87 bits per heavy atom. The van der Waals surface area contributed by atoms with Gasteiger partial charge >= 0.3 is 5.97 Å². The summed E-state index contributed by atoms with van der Waals surface area (Å²) in [5, 5.41) is 8.52. The smallest absolute Gasteiger partial charge is 0.319 e. The third-order valence-electron chi connectivity index (χ3n) is 2.42. The van der Waals surface area contributed by atoms with Crippen molar-refractivity contribution < 1.29 is 9.53 Å². The Bertz CT molecular complexity index is 470. The van der Waals surface area contributed by atoms with Crippen LogP contribution in [-0.4, -0.2) is 19.1 Å². The lowest BCUT2D eigenvalue weighted by Crippen LogP contribution is -2.24. The van der Waals surface area contributed by atoms with Crippen LogP contribution >= 0.6 is 11.9 Å². The second-order valence-electron chi connectivity index (χ2n) is 5.49. The van der Waals surface area contributed by atoms with E-state index in [-0.39, 0.29) is 12.5 Å². The van der Waals surface area contributed by atoms with Gasteiger partial charge < -0.3 is 15.8 Å². The molecule has 0 aromatic heterocycles. The molecule has 0 aliphatic carbocycles. The fourth-order valence-electron chi connectivity index (χ4n) is 1.51. The molecular formula is C17H29N3O2S. The first kappa shape index (κ1) is 21.5. The molecule has 5 nitrogen and oxygen atoms in total. The van der Waals surface area contributed by atoms with Crippen LogP contribution in [-0.2, 0) is 16.1 Å².